The van der Waals surface area contributed by atoms with Crippen LogP contribution in [0.1, 0.15) is 26.3 Å². The molecule has 152 valence electrons. The first-order valence-electron chi connectivity index (χ1n) is 8.93. The van der Waals surface area contributed by atoms with Crippen LogP contribution in [0.5, 0.6) is 0 Å². The van der Waals surface area contributed by atoms with Gasteiger partial charge in [-0.05, 0) is 24.3 Å². The van der Waals surface area contributed by atoms with Gasteiger partial charge in [-0.25, -0.2) is 0 Å². The standard InChI is InChI=1S/C13H12O5.C10H6O2/c14-10(8-4-2-1-3-5-8)9-6-7-13(17,18)12(16)11(9)15;11-9-5-6-10(12)8-4-2-1-3-7(8)9/h1-7,12,14,16-18H;1-6H. The lowest BCUT2D eigenvalue weighted by Crippen LogP contribution is -2.48. The van der Waals surface area contributed by atoms with Crippen molar-refractivity contribution in [3.63, 3.8) is 0 Å². The van der Waals surface area contributed by atoms with E-state index in [0.717, 1.165) is 12.2 Å². The Balaban J connectivity index is 0.000000184. The summed E-state index contributed by atoms with van der Waals surface area (Å²) in [5, 5.41) is 37.9. The molecule has 1 atom stereocenters. The van der Waals surface area contributed by atoms with Crippen LogP contribution in [-0.2, 0) is 4.79 Å². The van der Waals surface area contributed by atoms with Crippen LogP contribution in [0.15, 0.2) is 84.5 Å². The first-order valence-corrected chi connectivity index (χ1v) is 8.93. The highest BCUT2D eigenvalue weighted by molar-refractivity contribution is 6.21. The summed E-state index contributed by atoms with van der Waals surface area (Å²) in [4.78, 5) is 34.1. The molecule has 0 saturated carbocycles. The normalized spacial score (nSPS) is 20.9. The summed E-state index contributed by atoms with van der Waals surface area (Å²) in [5.74, 6) is -4.04. The predicted molar refractivity (Wildman–Crippen MR) is 108 cm³/mol. The molecule has 2 aliphatic rings. The number of hydrogen-bond acceptors (Lipinski definition) is 7. The predicted octanol–water partition coefficient (Wildman–Crippen LogP) is 1.76. The molecule has 30 heavy (non-hydrogen) atoms. The average Bonchev–Trinajstić information content (AvgIpc) is 2.76. The van der Waals surface area contributed by atoms with E-state index in [-0.39, 0.29) is 22.9 Å². The fourth-order valence-electron chi connectivity index (χ4n) is 2.91. The van der Waals surface area contributed by atoms with Crippen molar-refractivity contribution in [2.75, 3.05) is 0 Å². The van der Waals surface area contributed by atoms with Gasteiger partial charge in [0, 0.05) is 16.7 Å². The van der Waals surface area contributed by atoms with Gasteiger partial charge in [-0.3, -0.25) is 14.4 Å². The van der Waals surface area contributed by atoms with Crippen LogP contribution >= 0.6 is 0 Å². The largest absolute Gasteiger partial charge is 0.507 e. The molecule has 0 heterocycles. The molecular weight excluding hydrogens is 388 g/mol. The van der Waals surface area contributed by atoms with Gasteiger partial charge in [0.05, 0.1) is 5.57 Å². The van der Waals surface area contributed by atoms with E-state index < -0.39 is 17.7 Å². The van der Waals surface area contributed by atoms with Crippen molar-refractivity contribution < 1.29 is 34.8 Å². The van der Waals surface area contributed by atoms with Gasteiger partial charge in [-0.1, -0.05) is 54.6 Å². The Bertz CT molecular complexity index is 1050. The molecule has 0 aromatic heterocycles. The highest BCUT2D eigenvalue weighted by atomic mass is 16.5. The molecule has 0 amide bonds. The number of benzene rings is 2. The van der Waals surface area contributed by atoms with E-state index >= 15 is 0 Å². The fourth-order valence-corrected chi connectivity index (χ4v) is 2.91. The number of aliphatic hydroxyl groups excluding tert-OH is 2. The number of rotatable bonds is 1. The molecule has 2 aliphatic carbocycles. The summed E-state index contributed by atoms with van der Waals surface area (Å²) in [6.07, 6.45) is 2.55. The van der Waals surface area contributed by atoms with Crippen molar-refractivity contribution in [1.82, 2.24) is 0 Å². The Morgan fingerprint density at radius 1 is 0.767 bits per heavy atom. The maximum Gasteiger partial charge on any atom is 0.217 e. The van der Waals surface area contributed by atoms with Crippen LogP contribution in [0.4, 0.5) is 0 Å². The van der Waals surface area contributed by atoms with Gasteiger partial charge in [-0.2, -0.15) is 0 Å². The molecule has 7 nitrogen and oxygen atoms in total. The third-order valence-electron chi connectivity index (χ3n) is 4.56. The number of carbonyl (C=O) groups is 3. The van der Waals surface area contributed by atoms with E-state index in [2.05, 4.69) is 0 Å². The first-order chi connectivity index (χ1) is 14.2. The summed E-state index contributed by atoms with van der Waals surface area (Å²) in [6, 6.07) is 15.1. The topological polar surface area (TPSA) is 132 Å². The van der Waals surface area contributed by atoms with Crippen LogP contribution in [0.3, 0.4) is 0 Å². The molecular formula is C23H18O7. The molecule has 0 bridgehead atoms. The van der Waals surface area contributed by atoms with E-state index in [1.54, 1.807) is 54.6 Å². The van der Waals surface area contributed by atoms with Crippen molar-refractivity contribution in [2.45, 2.75) is 11.9 Å². The van der Waals surface area contributed by atoms with E-state index in [4.69, 9.17) is 0 Å². The zero-order valence-corrected chi connectivity index (χ0v) is 15.6. The number of Topliss-reactive ketones (excluding diaryl/α,β-unsaturated/α-hetero) is 1. The number of ketones is 3. The molecule has 0 fully saturated rings. The maximum atomic E-state index is 11.7. The minimum absolute atomic E-state index is 0.0924. The van der Waals surface area contributed by atoms with Crippen LogP contribution in [0.2, 0.25) is 0 Å². The molecule has 1 unspecified atom stereocenters. The highest BCUT2D eigenvalue weighted by Gasteiger charge is 2.41. The first kappa shape index (κ1) is 21.1. The molecule has 0 aliphatic heterocycles. The molecule has 4 N–H and O–H groups in total. The quantitative estimate of drug-likeness (QED) is 0.322. The fraction of sp³-hybridized carbons (Fsp3) is 0.0870. The number of aliphatic hydroxyl groups is 4. The summed E-state index contributed by atoms with van der Waals surface area (Å²) >= 11 is 0. The van der Waals surface area contributed by atoms with Gasteiger partial charge in [0.2, 0.25) is 11.6 Å². The van der Waals surface area contributed by atoms with Gasteiger partial charge in [0.25, 0.3) is 0 Å². The minimum atomic E-state index is -2.60. The lowest BCUT2D eigenvalue weighted by atomic mass is 9.90. The van der Waals surface area contributed by atoms with Crippen LogP contribution in [0.25, 0.3) is 5.76 Å². The van der Waals surface area contributed by atoms with Gasteiger partial charge >= 0.3 is 0 Å². The molecule has 0 spiro atoms. The number of hydrogen-bond donors (Lipinski definition) is 4. The molecule has 2 aromatic rings. The number of fused-ring (bicyclic) bond motifs is 1. The smallest absolute Gasteiger partial charge is 0.217 e. The second kappa shape index (κ2) is 8.38. The van der Waals surface area contributed by atoms with Crippen molar-refractivity contribution in [3.05, 3.63) is 101 Å². The zero-order chi connectivity index (χ0) is 21.9. The van der Waals surface area contributed by atoms with Crippen molar-refractivity contribution >= 4 is 23.1 Å². The lowest BCUT2D eigenvalue weighted by molar-refractivity contribution is -0.191. The summed E-state index contributed by atoms with van der Waals surface area (Å²) in [6.45, 7) is 0. The Hall–Kier alpha value is -3.65. The molecule has 2 aromatic carbocycles. The van der Waals surface area contributed by atoms with E-state index in [0.29, 0.717) is 16.7 Å². The van der Waals surface area contributed by atoms with Gasteiger partial charge < -0.3 is 20.4 Å². The summed E-state index contributed by atoms with van der Waals surface area (Å²) < 4.78 is 0. The molecule has 4 rings (SSSR count). The third-order valence-corrected chi connectivity index (χ3v) is 4.56. The zero-order valence-electron chi connectivity index (χ0n) is 15.6. The second-order valence-corrected chi connectivity index (χ2v) is 6.62. The summed E-state index contributed by atoms with van der Waals surface area (Å²) in [7, 11) is 0. The lowest BCUT2D eigenvalue weighted by Gasteiger charge is -2.27. The van der Waals surface area contributed by atoms with E-state index in [1.807, 2.05) is 0 Å². The number of allylic oxidation sites excluding steroid dienone is 3. The summed E-state index contributed by atoms with van der Waals surface area (Å²) in [5.41, 5.74) is 1.25. The molecule has 0 radical (unpaired) electrons. The van der Waals surface area contributed by atoms with Crippen LogP contribution in [0, 0.1) is 0 Å². The van der Waals surface area contributed by atoms with Crippen molar-refractivity contribution in [1.29, 1.82) is 0 Å². The van der Waals surface area contributed by atoms with Gasteiger partial charge in [-0.15, -0.1) is 0 Å². The van der Waals surface area contributed by atoms with Gasteiger partial charge in [0.1, 0.15) is 5.76 Å². The number of carbonyl (C=O) groups excluding carboxylic acids is 3. The Morgan fingerprint density at radius 2 is 1.27 bits per heavy atom. The minimum Gasteiger partial charge on any atom is -0.507 e. The van der Waals surface area contributed by atoms with Crippen LogP contribution in [-0.4, -0.2) is 49.7 Å². The van der Waals surface area contributed by atoms with E-state index in [9.17, 15) is 34.8 Å². The van der Waals surface area contributed by atoms with Gasteiger partial charge in [0.15, 0.2) is 17.7 Å². The van der Waals surface area contributed by atoms with E-state index in [1.165, 1.54) is 12.2 Å². The Morgan fingerprint density at radius 3 is 1.80 bits per heavy atom. The Labute approximate surface area is 171 Å². The maximum absolute atomic E-state index is 11.7. The van der Waals surface area contributed by atoms with Crippen molar-refractivity contribution in [3.8, 4) is 0 Å². The molecule has 0 saturated heterocycles. The molecule has 7 heteroatoms. The monoisotopic (exact) mass is 406 g/mol. The third kappa shape index (κ3) is 4.18. The second-order valence-electron chi connectivity index (χ2n) is 6.62. The van der Waals surface area contributed by atoms with Crippen LogP contribution < -0.4 is 0 Å². The average molecular weight is 406 g/mol. The van der Waals surface area contributed by atoms with Crippen molar-refractivity contribution in [2.24, 2.45) is 0 Å². The highest BCUT2D eigenvalue weighted by Crippen LogP contribution is 2.26. The SMILES string of the molecule is O=C1C(=C(O)c2ccccc2)C=CC(O)(O)C1O.O=C1C=CC(=O)c2ccccc21. The Kier molecular flexibility index (Phi) is 5.89.